The quantitative estimate of drug-likeness (QED) is 0.757. The first-order valence-electron chi connectivity index (χ1n) is 6.56. The SMILES string of the molecule is Cc1cc(-c2cc(N)c(C(=O)OC(C)(C)C)s2)ccc1Br. The monoisotopic (exact) mass is 367 g/mol. The van der Waals surface area contributed by atoms with E-state index in [9.17, 15) is 4.79 Å². The summed E-state index contributed by atoms with van der Waals surface area (Å²) >= 11 is 4.84. The molecule has 2 N–H and O–H groups in total. The third-order valence-electron chi connectivity index (χ3n) is 2.79. The maximum absolute atomic E-state index is 12.1. The predicted molar refractivity (Wildman–Crippen MR) is 91.8 cm³/mol. The van der Waals surface area contributed by atoms with Crippen LogP contribution in [0.4, 0.5) is 5.69 Å². The molecule has 0 bridgehead atoms. The van der Waals surface area contributed by atoms with Gasteiger partial charge in [-0.2, -0.15) is 0 Å². The van der Waals surface area contributed by atoms with Crippen LogP contribution in [-0.2, 0) is 4.74 Å². The molecule has 0 amide bonds. The largest absolute Gasteiger partial charge is 0.456 e. The van der Waals surface area contributed by atoms with E-state index in [0.717, 1.165) is 20.5 Å². The first kappa shape index (κ1) is 16.0. The highest BCUT2D eigenvalue weighted by Gasteiger charge is 2.22. The highest BCUT2D eigenvalue weighted by atomic mass is 79.9. The van der Waals surface area contributed by atoms with E-state index >= 15 is 0 Å². The molecule has 2 aromatic rings. The normalized spacial score (nSPS) is 11.5. The first-order valence-corrected chi connectivity index (χ1v) is 8.17. The van der Waals surface area contributed by atoms with Gasteiger partial charge in [0.15, 0.2) is 0 Å². The van der Waals surface area contributed by atoms with Crippen LogP contribution < -0.4 is 5.73 Å². The second kappa shape index (κ2) is 5.81. The van der Waals surface area contributed by atoms with Gasteiger partial charge in [0.2, 0.25) is 0 Å². The molecule has 1 heterocycles. The first-order chi connectivity index (χ1) is 9.67. The molecule has 0 spiro atoms. The number of carbonyl (C=O) groups excluding carboxylic acids is 1. The molecule has 1 aromatic heterocycles. The number of thiophene rings is 1. The van der Waals surface area contributed by atoms with Gasteiger partial charge in [-0.15, -0.1) is 11.3 Å². The molecule has 0 aliphatic heterocycles. The molecule has 0 saturated heterocycles. The number of nitrogens with two attached hydrogens (primary N) is 1. The Labute approximate surface area is 137 Å². The molecule has 0 aliphatic rings. The van der Waals surface area contributed by atoms with Crippen molar-refractivity contribution in [3.63, 3.8) is 0 Å². The third-order valence-corrected chi connectivity index (χ3v) is 4.86. The fraction of sp³-hybridized carbons (Fsp3) is 0.312. The summed E-state index contributed by atoms with van der Waals surface area (Å²) in [6, 6.07) is 7.88. The molecule has 112 valence electrons. The summed E-state index contributed by atoms with van der Waals surface area (Å²) < 4.78 is 6.44. The lowest BCUT2D eigenvalue weighted by atomic mass is 10.1. The minimum absolute atomic E-state index is 0.370. The van der Waals surface area contributed by atoms with Gasteiger partial charge in [0.25, 0.3) is 0 Å². The maximum atomic E-state index is 12.1. The number of hydrogen-bond acceptors (Lipinski definition) is 4. The van der Waals surface area contributed by atoms with Crippen LogP contribution in [0.5, 0.6) is 0 Å². The third kappa shape index (κ3) is 3.86. The Balaban J connectivity index is 2.34. The van der Waals surface area contributed by atoms with Gasteiger partial charge in [0, 0.05) is 9.35 Å². The Bertz CT molecular complexity index is 686. The molecule has 0 fully saturated rings. The molecule has 0 atom stereocenters. The van der Waals surface area contributed by atoms with Crippen molar-refractivity contribution in [1.82, 2.24) is 0 Å². The zero-order valence-corrected chi connectivity index (χ0v) is 14.9. The molecule has 3 nitrogen and oxygen atoms in total. The molecule has 0 aliphatic carbocycles. The summed E-state index contributed by atoms with van der Waals surface area (Å²) in [7, 11) is 0. The van der Waals surface area contributed by atoms with Crippen molar-refractivity contribution in [2.45, 2.75) is 33.3 Å². The Morgan fingerprint density at radius 3 is 2.52 bits per heavy atom. The van der Waals surface area contributed by atoms with Crippen molar-refractivity contribution in [3.8, 4) is 10.4 Å². The van der Waals surface area contributed by atoms with Gasteiger partial charge in [-0.1, -0.05) is 22.0 Å². The summed E-state index contributed by atoms with van der Waals surface area (Å²) in [5, 5.41) is 0. The molecule has 5 heteroatoms. The maximum Gasteiger partial charge on any atom is 0.350 e. The number of benzene rings is 1. The molecule has 0 radical (unpaired) electrons. The van der Waals surface area contributed by atoms with Gasteiger partial charge in [0.05, 0.1) is 5.69 Å². The van der Waals surface area contributed by atoms with E-state index in [0.29, 0.717) is 10.6 Å². The molecule has 2 rings (SSSR count). The standard InChI is InChI=1S/C16H18BrNO2S/c1-9-7-10(5-6-11(9)17)13-8-12(18)14(21-13)15(19)20-16(2,3)4/h5-8H,18H2,1-4H3. The van der Waals surface area contributed by atoms with Gasteiger partial charge in [-0.3, -0.25) is 0 Å². The van der Waals surface area contributed by atoms with Gasteiger partial charge in [0.1, 0.15) is 10.5 Å². The molecular weight excluding hydrogens is 350 g/mol. The van der Waals surface area contributed by atoms with E-state index in [1.165, 1.54) is 11.3 Å². The summed E-state index contributed by atoms with van der Waals surface area (Å²) in [6.07, 6.45) is 0. The number of aryl methyl sites for hydroxylation is 1. The van der Waals surface area contributed by atoms with Crippen LogP contribution >= 0.6 is 27.3 Å². The van der Waals surface area contributed by atoms with Crippen LogP contribution in [0.3, 0.4) is 0 Å². The highest BCUT2D eigenvalue weighted by Crippen LogP contribution is 2.35. The number of rotatable bonds is 2. The van der Waals surface area contributed by atoms with Crippen molar-refractivity contribution in [1.29, 1.82) is 0 Å². The van der Waals surface area contributed by atoms with Crippen molar-refractivity contribution in [2.24, 2.45) is 0 Å². The smallest absolute Gasteiger partial charge is 0.350 e. The van der Waals surface area contributed by atoms with Gasteiger partial charge >= 0.3 is 5.97 Å². The van der Waals surface area contributed by atoms with E-state index in [4.69, 9.17) is 10.5 Å². The Morgan fingerprint density at radius 2 is 1.95 bits per heavy atom. The number of anilines is 1. The molecule has 21 heavy (non-hydrogen) atoms. The molecule has 0 unspecified atom stereocenters. The number of nitrogen functional groups attached to an aromatic ring is 1. The summed E-state index contributed by atoms with van der Waals surface area (Å²) in [5.41, 5.74) is 8.08. The summed E-state index contributed by atoms with van der Waals surface area (Å²) in [6.45, 7) is 7.55. The van der Waals surface area contributed by atoms with Crippen molar-refractivity contribution >= 4 is 38.9 Å². The lowest BCUT2D eigenvalue weighted by Crippen LogP contribution is -2.23. The highest BCUT2D eigenvalue weighted by molar-refractivity contribution is 9.10. The average Bonchev–Trinajstić information content (AvgIpc) is 2.73. The topological polar surface area (TPSA) is 52.3 Å². The molecule has 0 saturated carbocycles. The van der Waals surface area contributed by atoms with Crippen LogP contribution in [0.1, 0.15) is 36.0 Å². The van der Waals surface area contributed by atoms with Crippen LogP contribution in [0.2, 0.25) is 0 Å². The van der Waals surface area contributed by atoms with Crippen molar-refractivity contribution in [3.05, 3.63) is 39.2 Å². The fourth-order valence-electron chi connectivity index (χ4n) is 1.83. The zero-order valence-electron chi connectivity index (χ0n) is 12.5. The Hall–Kier alpha value is -1.33. The van der Waals surface area contributed by atoms with Gasteiger partial charge in [-0.05, 0) is 57.0 Å². The number of hydrogen-bond donors (Lipinski definition) is 1. The van der Waals surface area contributed by atoms with Crippen LogP contribution in [0.15, 0.2) is 28.7 Å². The number of halogens is 1. The van der Waals surface area contributed by atoms with E-state index < -0.39 is 5.60 Å². The van der Waals surface area contributed by atoms with Gasteiger partial charge in [-0.25, -0.2) is 4.79 Å². The second-order valence-electron chi connectivity index (χ2n) is 5.86. The van der Waals surface area contributed by atoms with E-state index in [2.05, 4.69) is 22.0 Å². The van der Waals surface area contributed by atoms with Crippen LogP contribution in [0.25, 0.3) is 10.4 Å². The molecule has 1 aromatic carbocycles. The lowest BCUT2D eigenvalue weighted by molar-refractivity contribution is 0.00764. The van der Waals surface area contributed by atoms with E-state index in [-0.39, 0.29) is 5.97 Å². The van der Waals surface area contributed by atoms with Crippen molar-refractivity contribution in [2.75, 3.05) is 5.73 Å². The second-order valence-corrected chi connectivity index (χ2v) is 7.77. The Kier molecular flexibility index (Phi) is 4.44. The molecular formula is C16H18BrNO2S. The fourth-order valence-corrected chi connectivity index (χ4v) is 3.03. The average molecular weight is 368 g/mol. The lowest BCUT2D eigenvalue weighted by Gasteiger charge is -2.18. The minimum Gasteiger partial charge on any atom is -0.456 e. The summed E-state index contributed by atoms with van der Waals surface area (Å²) in [5.74, 6) is -0.370. The van der Waals surface area contributed by atoms with Crippen LogP contribution in [-0.4, -0.2) is 11.6 Å². The van der Waals surface area contributed by atoms with Crippen molar-refractivity contribution < 1.29 is 9.53 Å². The number of carbonyl (C=O) groups is 1. The van der Waals surface area contributed by atoms with Gasteiger partial charge < -0.3 is 10.5 Å². The van der Waals surface area contributed by atoms with E-state index in [1.807, 2.05) is 45.9 Å². The number of esters is 1. The zero-order chi connectivity index (χ0) is 15.8. The number of ether oxygens (including phenoxy) is 1. The minimum atomic E-state index is -0.526. The predicted octanol–water partition coefficient (Wildman–Crippen LogP) is 5.02. The Morgan fingerprint density at radius 1 is 1.29 bits per heavy atom. The van der Waals surface area contributed by atoms with Crippen LogP contribution in [0, 0.1) is 6.92 Å². The van der Waals surface area contributed by atoms with E-state index in [1.54, 1.807) is 0 Å². The summed E-state index contributed by atoms with van der Waals surface area (Å²) in [4.78, 5) is 13.6.